The van der Waals surface area contributed by atoms with Crippen molar-refractivity contribution in [2.24, 2.45) is 0 Å². The number of rotatable bonds is 9. The first-order valence-corrected chi connectivity index (χ1v) is 9.69. The van der Waals surface area contributed by atoms with E-state index in [9.17, 15) is 14.7 Å². The third kappa shape index (κ3) is 5.69. The van der Waals surface area contributed by atoms with Crippen LogP contribution in [0.15, 0.2) is 39.6 Å². The highest BCUT2D eigenvalue weighted by molar-refractivity contribution is 9.10. The monoisotopic (exact) mass is 421 g/mol. The SMILES string of the molecule is CCCCCCCCNC(=O)c1nn(-c2ccc(Br)cc2)c(=O)cc1O. The van der Waals surface area contributed by atoms with Crippen LogP contribution in [-0.2, 0) is 0 Å². The van der Waals surface area contributed by atoms with E-state index in [2.05, 4.69) is 33.3 Å². The summed E-state index contributed by atoms with van der Waals surface area (Å²) in [7, 11) is 0. The molecule has 2 rings (SSSR count). The van der Waals surface area contributed by atoms with Gasteiger partial charge in [0, 0.05) is 17.1 Å². The largest absolute Gasteiger partial charge is 0.505 e. The number of amides is 1. The molecule has 0 bridgehead atoms. The molecule has 7 heteroatoms. The number of nitrogens with one attached hydrogen (secondary N) is 1. The number of aromatic hydroxyl groups is 1. The fourth-order valence-electron chi connectivity index (χ4n) is 2.57. The Balaban J connectivity index is 2.02. The normalized spacial score (nSPS) is 10.7. The molecule has 0 spiro atoms. The third-order valence-corrected chi connectivity index (χ3v) is 4.54. The zero-order chi connectivity index (χ0) is 18.9. The Labute approximate surface area is 161 Å². The van der Waals surface area contributed by atoms with Crippen LogP contribution in [0.25, 0.3) is 5.69 Å². The number of aromatic nitrogens is 2. The van der Waals surface area contributed by atoms with Gasteiger partial charge in [-0.1, -0.05) is 55.0 Å². The van der Waals surface area contributed by atoms with E-state index in [-0.39, 0.29) is 5.69 Å². The summed E-state index contributed by atoms with van der Waals surface area (Å²) in [6, 6.07) is 7.96. The number of hydrogen-bond acceptors (Lipinski definition) is 4. The second kappa shape index (κ2) is 10.1. The Bertz CT molecular complexity index is 788. The van der Waals surface area contributed by atoms with E-state index in [1.165, 1.54) is 19.3 Å². The van der Waals surface area contributed by atoms with Gasteiger partial charge >= 0.3 is 0 Å². The van der Waals surface area contributed by atoms with Gasteiger partial charge in [0.05, 0.1) is 5.69 Å². The minimum absolute atomic E-state index is 0.154. The van der Waals surface area contributed by atoms with Gasteiger partial charge in [0.2, 0.25) is 0 Å². The van der Waals surface area contributed by atoms with Crippen LogP contribution in [0.1, 0.15) is 55.9 Å². The van der Waals surface area contributed by atoms with Crippen molar-refractivity contribution in [3.63, 3.8) is 0 Å². The van der Waals surface area contributed by atoms with Crippen molar-refractivity contribution in [3.05, 3.63) is 50.9 Å². The van der Waals surface area contributed by atoms with E-state index < -0.39 is 17.2 Å². The van der Waals surface area contributed by atoms with Crippen LogP contribution in [0.3, 0.4) is 0 Å². The van der Waals surface area contributed by atoms with Crippen LogP contribution in [0, 0.1) is 0 Å². The fourth-order valence-corrected chi connectivity index (χ4v) is 2.83. The second-order valence-electron chi connectivity index (χ2n) is 6.13. The predicted octanol–water partition coefficient (Wildman–Crippen LogP) is 3.79. The lowest BCUT2D eigenvalue weighted by atomic mass is 10.1. The summed E-state index contributed by atoms with van der Waals surface area (Å²) < 4.78 is 1.97. The van der Waals surface area contributed by atoms with E-state index in [1.807, 2.05) is 0 Å². The fraction of sp³-hybridized carbons (Fsp3) is 0.421. The molecule has 1 heterocycles. The number of carbonyl (C=O) groups excluding carboxylic acids is 1. The first-order chi connectivity index (χ1) is 12.5. The van der Waals surface area contributed by atoms with Gasteiger partial charge in [-0.2, -0.15) is 9.78 Å². The van der Waals surface area contributed by atoms with E-state index in [0.717, 1.165) is 34.5 Å². The first kappa shape index (κ1) is 20.2. The molecule has 0 atom stereocenters. The number of unbranched alkanes of at least 4 members (excludes halogenated alkanes) is 5. The second-order valence-corrected chi connectivity index (χ2v) is 7.04. The number of hydrogen-bond donors (Lipinski definition) is 2. The molecule has 1 aromatic heterocycles. The molecule has 0 aliphatic rings. The Morgan fingerprint density at radius 1 is 1.15 bits per heavy atom. The standard InChI is InChI=1S/C19H24BrN3O3/c1-2-3-4-5-6-7-12-21-19(26)18-16(24)13-17(25)23(22-18)15-10-8-14(20)9-11-15/h8-11,13,24H,2-7,12H2,1H3,(H,21,26). The molecule has 0 unspecified atom stereocenters. The summed E-state index contributed by atoms with van der Waals surface area (Å²) in [5.74, 6) is -0.897. The molecule has 140 valence electrons. The molecule has 2 N–H and O–H groups in total. The Hall–Kier alpha value is -2.15. The lowest BCUT2D eigenvalue weighted by Crippen LogP contribution is -2.29. The molecule has 0 aliphatic heterocycles. The molecule has 1 amide bonds. The summed E-state index contributed by atoms with van der Waals surface area (Å²) >= 11 is 3.33. The van der Waals surface area contributed by atoms with Gasteiger partial charge in [0.25, 0.3) is 11.5 Å². The Morgan fingerprint density at radius 3 is 2.50 bits per heavy atom. The smallest absolute Gasteiger partial charge is 0.275 e. The average Bonchev–Trinajstić information content (AvgIpc) is 2.62. The Kier molecular flexibility index (Phi) is 7.84. The molecule has 2 aromatic rings. The van der Waals surface area contributed by atoms with Crippen molar-refractivity contribution in [1.29, 1.82) is 0 Å². The van der Waals surface area contributed by atoms with Crippen LogP contribution >= 0.6 is 15.9 Å². The van der Waals surface area contributed by atoms with Gasteiger partial charge in [-0.3, -0.25) is 9.59 Å². The van der Waals surface area contributed by atoms with Gasteiger partial charge in [-0.15, -0.1) is 0 Å². The Morgan fingerprint density at radius 2 is 1.81 bits per heavy atom. The summed E-state index contributed by atoms with van der Waals surface area (Å²) in [5.41, 5.74) is -0.140. The maximum absolute atomic E-state index is 12.3. The maximum atomic E-state index is 12.3. The molecule has 0 radical (unpaired) electrons. The summed E-state index contributed by atoms with van der Waals surface area (Å²) in [5, 5.41) is 16.7. The lowest BCUT2D eigenvalue weighted by Gasteiger charge is -2.09. The number of halogens is 1. The van der Waals surface area contributed by atoms with Crippen LogP contribution in [0.4, 0.5) is 0 Å². The molecular formula is C19H24BrN3O3. The highest BCUT2D eigenvalue weighted by Gasteiger charge is 2.16. The number of benzene rings is 1. The van der Waals surface area contributed by atoms with Gasteiger partial charge in [0.15, 0.2) is 11.4 Å². The average molecular weight is 422 g/mol. The highest BCUT2D eigenvalue weighted by Crippen LogP contribution is 2.15. The van der Waals surface area contributed by atoms with E-state index in [0.29, 0.717) is 12.2 Å². The van der Waals surface area contributed by atoms with Gasteiger partial charge in [0.1, 0.15) is 0 Å². The topological polar surface area (TPSA) is 84.2 Å². The summed E-state index contributed by atoms with van der Waals surface area (Å²) in [6.45, 7) is 2.69. The molecule has 1 aromatic carbocycles. The van der Waals surface area contributed by atoms with Crippen molar-refractivity contribution >= 4 is 21.8 Å². The van der Waals surface area contributed by atoms with Crippen molar-refractivity contribution in [1.82, 2.24) is 15.1 Å². The molecule has 26 heavy (non-hydrogen) atoms. The van der Waals surface area contributed by atoms with Crippen LogP contribution in [0.2, 0.25) is 0 Å². The molecule has 0 saturated heterocycles. The first-order valence-electron chi connectivity index (χ1n) is 8.90. The van der Waals surface area contributed by atoms with Crippen molar-refractivity contribution in [2.45, 2.75) is 45.4 Å². The molecule has 0 aliphatic carbocycles. The maximum Gasteiger partial charge on any atom is 0.275 e. The quantitative estimate of drug-likeness (QED) is 0.603. The number of carbonyl (C=O) groups is 1. The zero-order valence-corrected chi connectivity index (χ0v) is 16.5. The summed E-state index contributed by atoms with van der Waals surface area (Å²) in [6.07, 6.45) is 6.74. The van der Waals surface area contributed by atoms with Gasteiger partial charge in [-0.05, 0) is 30.7 Å². The zero-order valence-electron chi connectivity index (χ0n) is 14.9. The van der Waals surface area contributed by atoms with Crippen molar-refractivity contribution in [2.75, 3.05) is 6.54 Å². The lowest BCUT2D eigenvalue weighted by molar-refractivity contribution is 0.0943. The highest BCUT2D eigenvalue weighted by atomic mass is 79.9. The van der Waals surface area contributed by atoms with E-state index >= 15 is 0 Å². The van der Waals surface area contributed by atoms with E-state index in [1.54, 1.807) is 24.3 Å². The van der Waals surface area contributed by atoms with Crippen molar-refractivity contribution < 1.29 is 9.90 Å². The molecule has 0 fully saturated rings. The molecule has 0 saturated carbocycles. The third-order valence-electron chi connectivity index (χ3n) is 4.01. The van der Waals surface area contributed by atoms with Gasteiger partial charge < -0.3 is 10.4 Å². The minimum Gasteiger partial charge on any atom is -0.505 e. The molecular weight excluding hydrogens is 398 g/mol. The number of nitrogens with zero attached hydrogens (tertiary/aromatic N) is 2. The van der Waals surface area contributed by atoms with E-state index in [4.69, 9.17) is 0 Å². The molecule has 6 nitrogen and oxygen atoms in total. The predicted molar refractivity (Wildman–Crippen MR) is 105 cm³/mol. The van der Waals surface area contributed by atoms with Crippen LogP contribution in [-0.4, -0.2) is 27.3 Å². The van der Waals surface area contributed by atoms with Crippen LogP contribution in [0.5, 0.6) is 5.75 Å². The summed E-state index contributed by atoms with van der Waals surface area (Å²) in [4.78, 5) is 24.4. The van der Waals surface area contributed by atoms with Gasteiger partial charge in [-0.25, -0.2) is 0 Å². The van der Waals surface area contributed by atoms with Crippen LogP contribution < -0.4 is 10.9 Å². The minimum atomic E-state index is -0.503. The van der Waals surface area contributed by atoms with Crippen molar-refractivity contribution in [3.8, 4) is 11.4 Å².